The van der Waals surface area contributed by atoms with Crippen LogP contribution in [0.1, 0.15) is 29.9 Å². The maximum absolute atomic E-state index is 10.6. The van der Waals surface area contributed by atoms with E-state index in [0.717, 1.165) is 30.7 Å². The highest BCUT2D eigenvalue weighted by molar-refractivity contribution is 7.71. The molecule has 5 heteroatoms. The van der Waals surface area contributed by atoms with E-state index < -0.39 is 5.97 Å². The van der Waals surface area contributed by atoms with Crippen LogP contribution in [0.25, 0.3) is 0 Å². The van der Waals surface area contributed by atoms with Gasteiger partial charge in [-0.1, -0.05) is 12.2 Å². The zero-order chi connectivity index (χ0) is 11.7. The Morgan fingerprint density at radius 1 is 1.56 bits per heavy atom. The third kappa shape index (κ3) is 2.00. The van der Waals surface area contributed by atoms with Crippen LogP contribution in [-0.2, 0) is 24.2 Å². The van der Waals surface area contributed by atoms with Gasteiger partial charge in [0.15, 0.2) is 0 Å². The minimum Gasteiger partial charge on any atom is -0.481 e. The highest BCUT2D eigenvalue weighted by Crippen LogP contribution is 2.23. The fraction of sp³-hybridized carbons (Fsp3) is 0.545. The summed E-state index contributed by atoms with van der Waals surface area (Å²) in [6.45, 7) is 2.38. The second-order valence-corrected chi connectivity index (χ2v) is 4.43. The van der Waals surface area contributed by atoms with Crippen molar-refractivity contribution in [3.05, 3.63) is 21.7 Å². The molecular weight excluding hydrogens is 224 g/mol. The third-order valence-corrected chi connectivity index (χ3v) is 3.31. The molecule has 0 saturated heterocycles. The average Bonchev–Trinajstić information content (AvgIpc) is 2.65. The number of carboxylic acids is 1. The highest BCUT2D eigenvalue weighted by Gasteiger charge is 2.18. The van der Waals surface area contributed by atoms with Crippen molar-refractivity contribution in [2.45, 2.75) is 39.2 Å². The van der Waals surface area contributed by atoms with Crippen LogP contribution in [-0.4, -0.2) is 20.6 Å². The first-order chi connectivity index (χ1) is 7.59. The molecule has 0 aliphatic heterocycles. The summed E-state index contributed by atoms with van der Waals surface area (Å²) in [5.41, 5.74) is 2.34. The van der Waals surface area contributed by atoms with E-state index in [1.165, 1.54) is 5.69 Å². The summed E-state index contributed by atoms with van der Waals surface area (Å²) in [5.74, 6) is 0.0491. The minimum absolute atomic E-state index is 0.135. The summed E-state index contributed by atoms with van der Waals surface area (Å²) < 4.78 is 2.70. The van der Waals surface area contributed by atoms with Gasteiger partial charge in [-0.05, 0) is 26.2 Å². The monoisotopic (exact) mass is 238 g/mol. The van der Waals surface area contributed by atoms with Crippen LogP contribution >= 0.6 is 12.2 Å². The number of carbonyl (C=O) groups is 1. The Balaban J connectivity index is 2.41. The molecule has 16 heavy (non-hydrogen) atoms. The molecule has 4 nitrogen and oxygen atoms in total. The van der Waals surface area contributed by atoms with Gasteiger partial charge in [0.05, 0.1) is 6.42 Å². The fourth-order valence-electron chi connectivity index (χ4n) is 2.23. The Morgan fingerprint density at radius 2 is 2.31 bits per heavy atom. The van der Waals surface area contributed by atoms with Crippen molar-refractivity contribution in [1.29, 1.82) is 0 Å². The van der Waals surface area contributed by atoms with E-state index in [0.29, 0.717) is 11.2 Å². The molecule has 86 valence electrons. The predicted octanol–water partition coefficient (Wildman–Crippen LogP) is 1.88. The SMILES string of the molecule is Cc1nc(=S)c2c(n1CCC(=O)O)CCC2. The molecule has 0 amide bonds. The summed E-state index contributed by atoms with van der Waals surface area (Å²) in [6, 6.07) is 0. The van der Waals surface area contributed by atoms with Gasteiger partial charge < -0.3 is 9.67 Å². The van der Waals surface area contributed by atoms with Gasteiger partial charge in [0.2, 0.25) is 0 Å². The van der Waals surface area contributed by atoms with Gasteiger partial charge in [0.25, 0.3) is 0 Å². The lowest BCUT2D eigenvalue weighted by Crippen LogP contribution is -2.14. The van der Waals surface area contributed by atoms with Gasteiger partial charge in [-0.15, -0.1) is 0 Å². The number of rotatable bonds is 3. The Labute approximate surface area is 98.9 Å². The Morgan fingerprint density at radius 3 is 3.00 bits per heavy atom. The molecule has 1 aromatic rings. The van der Waals surface area contributed by atoms with E-state index in [1.807, 2.05) is 11.5 Å². The van der Waals surface area contributed by atoms with Crippen molar-refractivity contribution in [3.8, 4) is 0 Å². The molecule has 0 atom stereocenters. The Bertz CT molecular complexity index is 493. The zero-order valence-electron chi connectivity index (χ0n) is 9.19. The highest BCUT2D eigenvalue weighted by atomic mass is 32.1. The molecule has 2 rings (SSSR count). The number of carboxylic acid groups (broad SMARTS) is 1. The molecular formula is C11H14N2O2S. The van der Waals surface area contributed by atoms with Crippen LogP contribution in [0.15, 0.2) is 0 Å². The van der Waals surface area contributed by atoms with Crippen LogP contribution in [0, 0.1) is 11.6 Å². The minimum atomic E-state index is -0.777. The molecule has 1 N–H and O–H groups in total. The molecule has 1 aromatic heterocycles. The van der Waals surface area contributed by atoms with Crippen LogP contribution < -0.4 is 0 Å². The maximum Gasteiger partial charge on any atom is 0.305 e. The first-order valence-electron chi connectivity index (χ1n) is 5.40. The zero-order valence-corrected chi connectivity index (χ0v) is 10.0. The van der Waals surface area contributed by atoms with E-state index >= 15 is 0 Å². The lowest BCUT2D eigenvalue weighted by molar-refractivity contribution is -0.137. The first kappa shape index (κ1) is 11.3. The molecule has 0 aromatic carbocycles. The largest absolute Gasteiger partial charge is 0.481 e. The quantitative estimate of drug-likeness (QED) is 0.817. The van der Waals surface area contributed by atoms with E-state index in [1.54, 1.807) is 0 Å². The van der Waals surface area contributed by atoms with Crippen molar-refractivity contribution in [1.82, 2.24) is 9.55 Å². The number of hydrogen-bond donors (Lipinski definition) is 1. The maximum atomic E-state index is 10.6. The first-order valence-corrected chi connectivity index (χ1v) is 5.81. The van der Waals surface area contributed by atoms with Gasteiger partial charge in [0, 0.05) is 17.8 Å². The van der Waals surface area contributed by atoms with E-state index in [9.17, 15) is 4.79 Å². The topological polar surface area (TPSA) is 55.1 Å². The standard InChI is InChI=1S/C11H14N2O2S/c1-7-12-11(16)8-3-2-4-9(8)13(7)6-5-10(14)15/h2-6H2,1H3,(H,14,15). The number of aromatic nitrogens is 2. The summed E-state index contributed by atoms with van der Waals surface area (Å²) >= 11 is 5.22. The van der Waals surface area contributed by atoms with Crippen molar-refractivity contribution in [3.63, 3.8) is 0 Å². The number of fused-ring (bicyclic) bond motifs is 1. The van der Waals surface area contributed by atoms with Crippen molar-refractivity contribution in [2.75, 3.05) is 0 Å². The van der Waals surface area contributed by atoms with Crippen molar-refractivity contribution >= 4 is 18.2 Å². The number of aliphatic carboxylic acids is 1. The second-order valence-electron chi connectivity index (χ2n) is 4.04. The lowest BCUT2D eigenvalue weighted by Gasteiger charge is -2.14. The normalized spacial score (nSPS) is 13.8. The lowest BCUT2D eigenvalue weighted by atomic mass is 10.2. The summed E-state index contributed by atoms with van der Waals surface area (Å²) in [4.78, 5) is 14.9. The summed E-state index contributed by atoms with van der Waals surface area (Å²) in [5, 5.41) is 8.71. The molecule has 1 aliphatic rings. The van der Waals surface area contributed by atoms with Crippen molar-refractivity contribution in [2.24, 2.45) is 0 Å². The molecule has 0 unspecified atom stereocenters. The smallest absolute Gasteiger partial charge is 0.305 e. The summed E-state index contributed by atoms with van der Waals surface area (Å²) in [6.07, 6.45) is 3.20. The Hall–Kier alpha value is -1.23. The Kier molecular flexibility index (Phi) is 3.05. The summed E-state index contributed by atoms with van der Waals surface area (Å²) in [7, 11) is 0. The van der Waals surface area contributed by atoms with Gasteiger partial charge >= 0.3 is 5.97 Å². The van der Waals surface area contributed by atoms with Crippen LogP contribution in [0.3, 0.4) is 0 Å². The molecule has 0 spiro atoms. The molecule has 0 saturated carbocycles. The number of aryl methyl sites for hydroxylation is 1. The molecule has 0 fully saturated rings. The van der Waals surface area contributed by atoms with E-state index in [4.69, 9.17) is 17.3 Å². The van der Waals surface area contributed by atoms with Gasteiger partial charge in [0.1, 0.15) is 10.5 Å². The van der Waals surface area contributed by atoms with Gasteiger partial charge in [-0.25, -0.2) is 4.98 Å². The van der Waals surface area contributed by atoms with Crippen molar-refractivity contribution < 1.29 is 9.90 Å². The molecule has 0 bridgehead atoms. The second kappa shape index (κ2) is 4.33. The average molecular weight is 238 g/mol. The number of hydrogen-bond acceptors (Lipinski definition) is 3. The van der Waals surface area contributed by atoms with E-state index in [-0.39, 0.29) is 6.42 Å². The predicted molar refractivity (Wildman–Crippen MR) is 62.1 cm³/mol. The van der Waals surface area contributed by atoms with E-state index in [2.05, 4.69) is 4.98 Å². The number of nitrogens with zero attached hydrogens (tertiary/aromatic N) is 2. The van der Waals surface area contributed by atoms with Gasteiger partial charge in [-0.3, -0.25) is 4.79 Å². The fourth-order valence-corrected chi connectivity index (χ4v) is 2.58. The molecule has 1 heterocycles. The molecule has 0 radical (unpaired) electrons. The molecule has 1 aliphatic carbocycles. The van der Waals surface area contributed by atoms with Crippen LogP contribution in [0.4, 0.5) is 0 Å². The third-order valence-electron chi connectivity index (χ3n) is 2.98. The van der Waals surface area contributed by atoms with Gasteiger partial charge in [-0.2, -0.15) is 0 Å². The van der Waals surface area contributed by atoms with Crippen LogP contribution in [0.2, 0.25) is 0 Å². The van der Waals surface area contributed by atoms with Crippen LogP contribution in [0.5, 0.6) is 0 Å².